The summed E-state index contributed by atoms with van der Waals surface area (Å²) in [5.41, 5.74) is -0.967. The summed E-state index contributed by atoms with van der Waals surface area (Å²) < 4.78 is 42.4. The number of rotatable bonds is 3. The topological polar surface area (TPSA) is 39.2 Å². The molecule has 0 atom stereocenters. The predicted octanol–water partition coefficient (Wildman–Crippen LogP) is 4.42. The van der Waals surface area contributed by atoms with Crippen LogP contribution in [0.25, 0.3) is 0 Å². The molecular weight excluding hydrogens is 303 g/mol. The van der Waals surface area contributed by atoms with E-state index >= 15 is 0 Å². The van der Waals surface area contributed by atoms with Gasteiger partial charge in [-0.15, -0.1) is 11.3 Å². The van der Waals surface area contributed by atoms with E-state index in [0.29, 0.717) is 17.4 Å². The quantitative estimate of drug-likeness (QED) is 0.788. The lowest BCUT2D eigenvalue weighted by Gasteiger charge is -2.09. The van der Waals surface area contributed by atoms with Gasteiger partial charge in [-0.05, 0) is 17.5 Å². The molecule has 2 aromatic rings. The van der Waals surface area contributed by atoms with E-state index in [9.17, 15) is 18.0 Å². The van der Waals surface area contributed by atoms with Crippen molar-refractivity contribution in [2.24, 2.45) is 0 Å². The van der Waals surface area contributed by atoms with Crippen molar-refractivity contribution in [3.63, 3.8) is 0 Å². The van der Waals surface area contributed by atoms with Gasteiger partial charge in [0.2, 0.25) is 5.88 Å². The Morgan fingerprint density at radius 3 is 2.74 bits per heavy atom. The summed E-state index contributed by atoms with van der Waals surface area (Å²) in [5, 5.41) is 1.33. The molecule has 0 saturated heterocycles. The number of pyridine rings is 1. The van der Waals surface area contributed by atoms with Crippen LogP contribution in [-0.2, 0) is 6.18 Å². The van der Waals surface area contributed by atoms with Gasteiger partial charge in [-0.25, -0.2) is 4.98 Å². The second kappa shape index (κ2) is 5.18. The van der Waals surface area contributed by atoms with E-state index < -0.39 is 11.7 Å². The molecule has 3 nitrogen and oxygen atoms in total. The molecule has 2 heterocycles. The summed E-state index contributed by atoms with van der Waals surface area (Å²) in [5.74, 6) is 0.0188. The van der Waals surface area contributed by atoms with Crippen LogP contribution in [0, 0.1) is 0 Å². The Morgan fingerprint density at radius 1 is 1.42 bits per heavy atom. The fourth-order valence-corrected chi connectivity index (χ4v) is 2.06. The molecule has 0 aliphatic carbocycles. The highest BCUT2D eigenvalue weighted by molar-refractivity contribution is 7.12. The lowest BCUT2D eigenvalue weighted by molar-refractivity contribution is -0.137. The molecule has 8 heteroatoms. The van der Waals surface area contributed by atoms with E-state index in [4.69, 9.17) is 16.3 Å². The van der Waals surface area contributed by atoms with Gasteiger partial charge in [-0.2, -0.15) is 13.2 Å². The van der Waals surface area contributed by atoms with Crippen molar-refractivity contribution in [2.75, 3.05) is 0 Å². The van der Waals surface area contributed by atoms with Crippen LogP contribution in [0.15, 0.2) is 23.7 Å². The summed E-state index contributed by atoms with van der Waals surface area (Å²) >= 11 is 6.81. The molecule has 0 N–H and O–H groups in total. The van der Waals surface area contributed by atoms with Crippen LogP contribution < -0.4 is 4.74 Å². The minimum Gasteiger partial charge on any atom is -0.436 e. The Labute approximate surface area is 114 Å². The third-order valence-corrected chi connectivity index (χ3v) is 3.20. The zero-order valence-corrected chi connectivity index (χ0v) is 10.6. The highest BCUT2D eigenvalue weighted by Gasteiger charge is 2.31. The van der Waals surface area contributed by atoms with E-state index in [1.54, 1.807) is 5.38 Å². The number of thiophene rings is 1. The number of carbonyl (C=O) groups is 1. The molecule has 2 rings (SSSR count). The molecule has 0 radical (unpaired) electrons. The Bertz CT molecular complexity index is 612. The molecule has 100 valence electrons. The fourth-order valence-electron chi connectivity index (χ4n) is 1.24. The van der Waals surface area contributed by atoms with Gasteiger partial charge in [-0.3, -0.25) is 4.79 Å². The van der Waals surface area contributed by atoms with Crippen molar-refractivity contribution in [3.8, 4) is 11.6 Å². The van der Waals surface area contributed by atoms with Gasteiger partial charge >= 0.3 is 6.18 Å². The molecule has 0 fully saturated rings. The molecule has 0 unspecified atom stereocenters. The maximum absolute atomic E-state index is 12.4. The first-order valence-electron chi connectivity index (χ1n) is 4.85. The third kappa shape index (κ3) is 3.05. The summed E-state index contributed by atoms with van der Waals surface area (Å²) in [6.45, 7) is 0. The zero-order chi connectivity index (χ0) is 14.0. The molecule has 19 heavy (non-hydrogen) atoms. The average Bonchev–Trinajstić information content (AvgIpc) is 2.77. The minimum absolute atomic E-state index is 0.184. The van der Waals surface area contributed by atoms with Crippen molar-refractivity contribution in [1.82, 2.24) is 4.98 Å². The SMILES string of the molecule is O=Cc1sccc1Oc1ncc(C(F)(F)F)cc1Cl. The molecule has 0 aliphatic rings. The van der Waals surface area contributed by atoms with Gasteiger partial charge in [-0.1, -0.05) is 11.6 Å². The summed E-state index contributed by atoms with van der Waals surface area (Å²) in [4.78, 5) is 14.5. The number of ether oxygens (including phenoxy) is 1. The smallest absolute Gasteiger partial charge is 0.417 e. The van der Waals surface area contributed by atoms with Crippen molar-refractivity contribution < 1.29 is 22.7 Å². The number of halogens is 4. The molecule has 0 bridgehead atoms. The van der Waals surface area contributed by atoms with Crippen LogP contribution in [0.1, 0.15) is 15.2 Å². The van der Waals surface area contributed by atoms with Gasteiger partial charge in [0.05, 0.1) is 5.56 Å². The standard InChI is InChI=1S/C11H5ClF3NO2S/c12-7-3-6(11(13,14)15)4-16-10(7)18-8-1-2-19-9(8)5-17/h1-5H. The van der Waals surface area contributed by atoms with E-state index in [0.717, 1.165) is 17.4 Å². The molecular formula is C11H5ClF3NO2S. The van der Waals surface area contributed by atoms with Gasteiger partial charge in [0.25, 0.3) is 0 Å². The Balaban J connectivity index is 2.30. The van der Waals surface area contributed by atoms with E-state index in [-0.39, 0.29) is 16.7 Å². The summed E-state index contributed by atoms with van der Waals surface area (Å²) in [7, 11) is 0. The van der Waals surface area contributed by atoms with E-state index in [1.807, 2.05) is 0 Å². The Kier molecular flexibility index (Phi) is 3.77. The van der Waals surface area contributed by atoms with Crippen LogP contribution in [-0.4, -0.2) is 11.3 Å². The molecule has 0 amide bonds. The van der Waals surface area contributed by atoms with Crippen molar-refractivity contribution >= 4 is 29.2 Å². The number of nitrogens with zero attached hydrogens (tertiary/aromatic N) is 1. The zero-order valence-electron chi connectivity index (χ0n) is 9.07. The van der Waals surface area contributed by atoms with Crippen molar-refractivity contribution in [3.05, 3.63) is 39.2 Å². The number of carbonyl (C=O) groups excluding carboxylic acids is 1. The van der Waals surface area contributed by atoms with Crippen LogP contribution in [0.2, 0.25) is 5.02 Å². The number of aromatic nitrogens is 1. The number of aldehydes is 1. The molecule has 0 aromatic carbocycles. The van der Waals surface area contributed by atoms with Gasteiger partial charge < -0.3 is 4.74 Å². The maximum atomic E-state index is 12.4. The Morgan fingerprint density at radius 2 is 2.16 bits per heavy atom. The molecule has 0 aliphatic heterocycles. The van der Waals surface area contributed by atoms with Crippen molar-refractivity contribution in [1.29, 1.82) is 0 Å². The fraction of sp³-hybridized carbons (Fsp3) is 0.0909. The second-order valence-corrected chi connectivity index (χ2v) is 4.73. The van der Waals surface area contributed by atoms with Gasteiger partial charge in [0.15, 0.2) is 12.0 Å². The van der Waals surface area contributed by atoms with E-state index in [2.05, 4.69) is 4.98 Å². The highest BCUT2D eigenvalue weighted by Crippen LogP contribution is 2.35. The van der Waals surface area contributed by atoms with Gasteiger partial charge in [0, 0.05) is 6.20 Å². The lowest BCUT2D eigenvalue weighted by Crippen LogP contribution is -2.05. The highest BCUT2D eigenvalue weighted by atomic mass is 35.5. The monoisotopic (exact) mass is 307 g/mol. The van der Waals surface area contributed by atoms with Crippen LogP contribution >= 0.6 is 22.9 Å². The molecule has 2 aromatic heterocycles. The number of hydrogen-bond acceptors (Lipinski definition) is 4. The largest absolute Gasteiger partial charge is 0.436 e. The Hall–Kier alpha value is -1.60. The predicted molar refractivity (Wildman–Crippen MR) is 64.0 cm³/mol. The van der Waals surface area contributed by atoms with Crippen molar-refractivity contribution in [2.45, 2.75) is 6.18 Å². The summed E-state index contributed by atoms with van der Waals surface area (Å²) in [6, 6.07) is 2.22. The summed E-state index contributed by atoms with van der Waals surface area (Å²) in [6.07, 6.45) is -3.32. The minimum atomic E-state index is -4.52. The van der Waals surface area contributed by atoms with Gasteiger partial charge in [0.1, 0.15) is 9.90 Å². The first-order valence-corrected chi connectivity index (χ1v) is 6.11. The van der Waals surface area contributed by atoms with Crippen LogP contribution in [0.4, 0.5) is 13.2 Å². The number of alkyl halides is 3. The first kappa shape index (κ1) is 13.8. The first-order chi connectivity index (χ1) is 8.91. The molecule has 0 spiro atoms. The normalized spacial score (nSPS) is 11.4. The lowest BCUT2D eigenvalue weighted by atomic mass is 10.3. The van der Waals surface area contributed by atoms with Crippen LogP contribution in [0.3, 0.4) is 0 Å². The maximum Gasteiger partial charge on any atom is 0.417 e. The average molecular weight is 308 g/mol. The third-order valence-electron chi connectivity index (χ3n) is 2.11. The van der Waals surface area contributed by atoms with Crippen LogP contribution in [0.5, 0.6) is 11.6 Å². The molecule has 0 saturated carbocycles. The van der Waals surface area contributed by atoms with E-state index in [1.165, 1.54) is 6.07 Å². The second-order valence-electron chi connectivity index (χ2n) is 3.38. The number of hydrogen-bond donors (Lipinski definition) is 0.